The monoisotopic (exact) mass is 284 g/mol. The maximum absolute atomic E-state index is 13.2. The summed E-state index contributed by atoms with van der Waals surface area (Å²) < 4.78 is 39.7. The number of aliphatic imine (C=N–C) groups is 1. The van der Waals surface area contributed by atoms with Gasteiger partial charge in [-0.25, -0.2) is 4.99 Å². The second kappa shape index (κ2) is 5.95. The summed E-state index contributed by atoms with van der Waals surface area (Å²) in [4.78, 5) is 3.96. The fourth-order valence-corrected chi connectivity index (χ4v) is 2.46. The average Bonchev–Trinajstić information content (AvgIpc) is 2.88. The zero-order chi connectivity index (χ0) is 14.8. The molecule has 1 aromatic rings. The molecule has 0 saturated carbocycles. The van der Waals surface area contributed by atoms with Crippen LogP contribution in [-0.2, 0) is 0 Å². The first-order valence-electron chi connectivity index (χ1n) is 6.87. The van der Waals surface area contributed by atoms with Gasteiger partial charge in [0.25, 0.3) is 0 Å². The van der Waals surface area contributed by atoms with Gasteiger partial charge in [-0.1, -0.05) is 32.0 Å². The van der Waals surface area contributed by atoms with Gasteiger partial charge in [-0.3, -0.25) is 0 Å². The van der Waals surface area contributed by atoms with Crippen LogP contribution in [0.4, 0.5) is 18.9 Å². The molecule has 5 heteroatoms. The third-order valence-corrected chi connectivity index (χ3v) is 3.48. The third kappa shape index (κ3) is 3.39. The van der Waals surface area contributed by atoms with Crippen LogP contribution in [0.3, 0.4) is 0 Å². The van der Waals surface area contributed by atoms with E-state index in [4.69, 9.17) is 0 Å². The van der Waals surface area contributed by atoms with E-state index in [0.717, 1.165) is 12.0 Å². The lowest BCUT2D eigenvalue weighted by molar-refractivity contribution is -0.0615. The van der Waals surface area contributed by atoms with Gasteiger partial charge < -0.3 is 5.32 Å². The second-order valence-corrected chi connectivity index (χ2v) is 5.36. The van der Waals surface area contributed by atoms with Gasteiger partial charge in [0.1, 0.15) is 5.71 Å². The Hall–Kier alpha value is -1.36. The Morgan fingerprint density at radius 1 is 1.30 bits per heavy atom. The van der Waals surface area contributed by atoms with Gasteiger partial charge in [-0.05, 0) is 36.9 Å². The predicted octanol–water partition coefficient (Wildman–Crippen LogP) is 4.20. The van der Waals surface area contributed by atoms with Crippen molar-refractivity contribution >= 4 is 11.4 Å². The maximum atomic E-state index is 13.2. The summed E-state index contributed by atoms with van der Waals surface area (Å²) in [6.07, 6.45) is -3.15. The SMILES string of the molecule is CC(C)c1ccccc1N=C(C1CCCN1)C(F)(F)F. The van der Waals surface area contributed by atoms with Gasteiger partial charge in [0.15, 0.2) is 0 Å². The van der Waals surface area contributed by atoms with Crippen molar-refractivity contribution in [2.75, 3.05) is 6.54 Å². The van der Waals surface area contributed by atoms with Crippen LogP contribution in [0.1, 0.15) is 38.2 Å². The normalized spacial score (nSPS) is 20.7. The van der Waals surface area contributed by atoms with Crippen LogP contribution in [0, 0.1) is 0 Å². The number of hydrogen-bond acceptors (Lipinski definition) is 2. The van der Waals surface area contributed by atoms with Gasteiger partial charge in [0, 0.05) is 0 Å². The Kier molecular flexibility index (Phi) is 4.48. The standard InChI is InChI=1S/C15H19F3N2/c1-10(2)11-6-3-4-7-12(11)20-14(15(16,17)18)13-8-5-9-19-13/h3-4,6-7,10,13,19H,5,8-9H2,1-2H3. The minimum absolute atomic E-state index is 0.140. The molecule has 1 aliphatic heterocycles. The van der Waals surface area contributed by atoms with Crippen molar-refractivity contribution < 1.29 is 13.2 Å². The highest BCUT2D eigenvalue weighted by Gasteiger charge is 2.41. The quantitative estimate of drug-likeness (QED) is 0.827. The van der Waals surface area contributed by atoms with E-state index in [1.165, 1.54) is 0 Å². The molecule has 1 saturated heterocycles. The summed E-state index contributed by atoms with van der Waals surface area (Å²) in [7, 11) is 0. The van der Waals surface area contributed by atoms with E-state index in [2.05, 4.69) is 10.3 Å². The molecule has 1 fully saturated rings. The molecule has 0 aromatic heterocycles. The summed E-state index contributed by atoms with van der Waals surface area (Å²) in [6.45, 7) is 4.52. The molecule has 0 radical (unpaired) electrons. The smallest absolute Gasteiger partial charge is 0.309 e. The summed E-state index contributed by atoms with van der Waals surface area (Å²) in [5.74, 6) is 0.140. The van der Waals surface area contributed by atoms with Crippen LogP contribution < -0.4 is 5.32 Å². The molecule has 0 spiro atoms. The minimum Gasteiger partial charge on any atom is -0.309 e. The number of hydrogen-bond donors (Lipinski definition) is 1. The Labute approximate surface area is 117 Å². The summed E-state index contributed by atoms with van der Waals surface area (Å²) in [6, 6.07) is 6.35. The molecule has 1 aliphatic rings. The molecule has 1 heterocycles. The lowest BCUT2D eigenvalue weighted by Crippen LogP contribution is -2.40. The molecule has 1 N–H and O–H groups in total. The molecule has 2 rings (SSSR count). The molecule has 20 heavy (non-hydrogen) atoms. The number of benzene rings is 1. The van der Waals surface area contributed by atoms with E-state index >= 15 is 0 Å². The zero-order valence-corrected chi connectivity index (χ0v) is 11.7. The predicted molar refractivity (Wildman–Crippen MR) is 74.7 cm³/mol. The largest absolute Gasteiger partial charge is 0.431 e. The second-order valence-electron chi connectivity index (χ2n) is 5.36. The van der Waals surface area contributed by atoms with Crippen molar-refractivity contribution in [3.63, 3.8) is 0 Å². The minimum atomic E-state index is -4.40. The molecular formula is C15H19F3N2. The average molecular weight is 284 g/mol. The molecule has 110 valence electrons. The molecule has 1 unspecified atom stereocenters. The van der Waals surface area contributed by atoms with E-state index in [1.54, 1.807) is 12.1 Å². The zero-order valence-electron chi connectivity index (χ0n) is 11.7. The van der Waals surface area contributed by atoms with Gasteiger partial charge in [-0.15, -0.1) is 0 Å². The molecule has 2 nitrogen and oxygen atoms in total. The van der Waals surface area contributed by atoms with Crippen LogP contribution in [0.2, 0.25) is 0 Å². The molecule has 0 amide bonds. The molecule has 0 aliphatic carbocycles. The van der Waals surface area contributed by atoms with Crippen molar-refractivity contribution in [2.45, 2.75) is 44.8 Å². The van der Waals surface area contributed by atoms with Crippen molar-refractivity contribution in [2.24, 2.45) is 4.99 Å². The molecule has 1 aromatic carbocycles. The van der Waals surface area contributed by atoms with Crippen LogP contribution in [0.15, 0.2) is 29.3 Å². The lowest BCUT2D eigenvalue weighted by Gasteiger charge is -2.18. The third-order valence-electron chi connectivity index (χ3n) is 3.48. The van der Waals surface area contributed by atoms with Crippen molar-refractivity contribution in [1.82, 2.24) is 5.32 Å². The highest BCUT2D eigenvalue weighted by atomic mass is 19.4. The van der Waals surface area contributed by atoms with Crippen LogP contribution in [0.5, 0.6) is 0 Å². The number of nitrogens with zero attached hydrogens (tertiary/aromatic N) is 1. The van der Waals surface area contributed by atoms with Crippen molar-refractivity contribution in [3.05, 3.63) is 29.8 Å². The summed E-state index contributed by atoms with van der Waals surface area (Å²) >= 11 is 0. The van der Waals surface area contributed by atoms with E-state index in [-0.39, 0.29) is 5.92 Å². The number of nitrogens with one attached hydrogen (secondary N) is 1. The Morgan fingerprint density at radius 3 is 2.55 bits per heavy atom. The van der Waals surface area contributed by atoms with Crippen LogP contribution in [-0.4, -0.2) is 24.5 Å². The fourth-order valence-electron chi connectivity index (χ4n) is 2.46. The Balaban J connectivity index is 2.43. The first kappa shape index (κ1) is 15.0. The number of halogens is 3. The topological polar surface area (TPSA) is 24.4 Å². The molecular weight excluding hydrogens is 265 g/mol. The summed E-state index contributed by atoms with van der Waals surface area (Å²) in [5, 5.41) is 2.88. The first-order chi connectivity index (χ1) is 9.39. The lowest BCUT2D eigenvalue weighted by atomic mass is 10.0. The van der Waals surface area contributed by atoms with E-state index < -0.39 is 17.9 Å². The van der Waals surface area contributed by atoms with Gasteiger partial charge in [0.05, 0.1) is 11.7 Å². The van der Waals surface area contributed by atoms with E-state index in [9.17, 15) is 13.2 Å². The maximum Gasteiger partial charge on any atom is 0.431 e. The van der Waals surface area contributed by atoms with E-state index in [0.29, 0.717) is 18.7 Å². The van der Waals surface area contributed by atoms with Gasteiger partial charge >= 0.3 is 6.18 Å². The van der Waals surface area contributed by atoms with E-state index in [1.807, 2.05) is 26.0 Å². The Bertz CT molecular complexity index is 486. The number of alkyl halides is 3. The molecule has 1 atom stereocenters. The van der Waals surface area contributed by atoms with Crippen molar-refractivity contribution in [1.29, 1.82) is 0 Å². The van der Waals surface area contributed by atoms with Crippen LogP contribution >= 0.6 is 0 Å². The summed E-state index contributed by atoms with van der Waals surface area (Å²) in [5.41, 5.74) is 0.555. The number of para-hydroxylation sites is 1. The fraction of sp³-hybridized carbons (Fsp3) is 0.533. The molecule has 0 bridgehead atoms. The van der Waals surface area contributed by atoms with Gasteiger partial charge in [0.2, 0.25) is 0 Å². The van der Waals surface area contributed by atoms with Crippen molar-refractivity contribution in [3.8, 4) is 0 Å². The highest BCUT2D eigenvalue weighted by Crippen LogP contribution is 2.31. The Morgan fingerprint density at radius 2 is 2.00 bits per heavy atom. The number of rotatable bonds is 3. The first-order valence-corrected chi connectivity index (χ1v) is 6.87. The van der Waals surface area contributed by atoms with Crippen LogP contribution in [0.25, 0.3) is 0 Å². The highest BCUT2D eigenvalue weighted by molar-refractivity contribution is 5.96. The van der Waals surface area contributed by atoms with Gasteiger partial charge in [-0.2, -0.15) is 13.2 Å².